The molecule has 0 radical (unpaired) electrons. The van der Waals surface area contributed by atoms with Gasteiger partial charge < -0.3 is 9.47 Å². The third-order valence-electron chi connectivity index (χ3n) is 4.95. The van der Waals surface area contributed by atoms with Crippen LogP contribution in [0.5, 0.6) is 0 Å². The predicted octanol–water partition coefficient (Wildman–Crippen LogP) is 4.74. The fourth-order valence-corrected chi connectivity index (χ4v) is 3.36. The summed E-state index contributed by atoms with van der Waals surface area (Å²) >= 11 is 0. The van der Waals surface area contributed by atoms with E-state index in [1.54, 1.807) is 0 Å². The number of hydrogen-bond acceptors (Lipinski definition) is 2. The van der Waals surface area contributed by atoms with Crippen LogP contribution < -0.4 is 4.90 Å². The van der Waals surface area contributed by atoms with Gasteiger partial charge in [-0.3, -0.25) is 0 Å². The van der Waals surface area contributed by atoms with Crippen LogP contribution in [0.4, 0.5) is 5.69 Å². The van der Waals surface area contributed by atoms with Gasteiger partial charge in [-0.1, -0.05) is 12.1 Å². The van der Waals surface area contributed by atoms with Gasteiger partial charge in [0.25, 0.3) is 0 Å². The highest BCUT2D eigenvalue weighted by molar-refractivity contribution is 5.81. The summed E-state index contributed by atoms with van der Waals surface area (Å²) in [6.45, 7) is 2.34. The van der Waals surface area contributed by atoms with Crippen molar-refractivity contribution in [2.24, 2.45) is 5.92 Å². The second kappa shape index (κ2) is 5.41. The first-order chi connectivity index (χ1) is 11.1. The molecule has 3 heteroatoms. The Labute approximate surface area is 137 Å². The van der Waals surface area contributed by atoms with Crippen molar-refractivity contribution >= 4 is 16.7 Å². The lowest BCUT2D eigenvalue weighted by Gasteiger charge is -2.18. The number of nitrogens with zero attached hydrogens (tertiary/aromatic N) is 3. The zero-order valence-corrected chi connectivity index (χ0v) is 14.0. The van der Waals surface area contributed by atoms with E-state index >= 15 is 0 Å². The molecule has 1 aromatic heterocycles. The minimum Gasteiger partial charge on any atom is -0.378 e. The van der Waals surface area contributed by atoms with E-state index in [0.717, 1.165) is 17.3 Å². The molecule has 0 amide bonds. The van der Waals surface area contributed by atoms with E-state index in [1.807, 2.05) is 0 Å². The van der Waals surface area contributed by atoms with Crippen molar-refractivity contribution in [3.63, 3.8) is 0 Å². The molecule has 1 fully saturated rings. The number of anilines is 1. The number of benzene rings is 2. The SMILES string of the molecule is CC(C1CC1)n1c(-c2ccc(N(C)C)cc2)nc2ccccc21. The van der Waals surface area contributed by atoms with Gasteiger partial charge in [0.15, 0.2) is 0 Å². The first-order valence-electron chi connectivity index (χ1n) is 8.40. The summed E-state index contributed by atoms with van der Waals surface area (Å²) in [5.74, 6) is 1.89. The molecular weight excluding hydrogens is 282 g/mol. The molecule has 2 aromatic carbocycles. The average molecular weight is 305 g/mol. The van der Waals surface area contributed by atoms with Crippen LogP contribution in [0.15, 0.2) is 48.5 Å². The second-order valence-corrected chi connectivity index (χ2v) is 6.81. The summed E-state index contributed by atoms with van der Waals surface area (Å²) in [4.78, 5) is 7.06. The first-order valence-corrected chi connectivity index (χ1v) is 8.40. The quantitative estimate of drug-likeness (QED) is 0.694. The molecule has 3 nitrogen and oxygen atoms in total. The van der Waals surface area contributed by atoms with Gasteiger partial charge in [-0.15, -0.1) is 0 Å². The smallest absolute Gasteiger partial charge is 0.141 e. The van der Waals surface area contributed by atoms with Crippen LogP contribution >= 0.6 is 0 Å². The van der Waals surface area contributed by atoms with Gasteiger partial charge in [-0.25, -0.2) is 4.98 Å². The Kier molecular flexibility index (Phi) is 3.37. The number of fused-ring (bicyclic) bond motifs is 1. The number of hydrogen-bond donors (Lipinski definition) is 0. The Morgan fingerprint density at radius 3 is 2.39 bits per heavy atom. The van der Waals surface area contributed by atoms with Gasteiger partial charge in [0.1, 0.15) is 5.82 Å². The molecule has 1 aliphatic rings. The Hall–Kier alpha value is -2.29. The summed E-state index contributed by atoms with van der Waals surface area (Å²) in [6.07, 6.45) is 2.68. The summed E-state index contributed by atoms with van der Waals surface area (Å²) in [5.41, 5.74) is 4.75. The van der Waals surface area contributed by atoms with E-state index in [4.69, 9.17) is 4.98 Å². The van der Waals surface area contributed by atoms with Gasteiger partial charge in [-0.2, -0.15) is 0 Å². The maximum atomic E-state index is 4.94. The van der Waals surface area contributed by atoms with Crippen LogP contribution in [0.1, 0.15) is 25.8 Å². The average Bonchev–Trinajstić information content (AvgIpc) is 3.34. The Bertz CT molecular complexity index is 826. The highest BCUT2D eigenvalue weighted by Gasteiger charge is 2.31. The molecule has 0 aliphatic heterocycles. The van der Waals surface area contributed by atoms with Crippen molar-refractivity contribution in [3.8, 4) is 11.4 Å². The third-order valence-corrected chi connectivity index (χ3v) is 4.95. The van der Waals surface area contributed by atoms with E-state index in [2.05, 4.69) is 79.0 Å². The minimum absolute atomic E-state index is 0.505. The largest absolute Gasteiger partial charge is 0.378 e. The Morgan fingerprint density at radius 1 is 1.04 bits per heavy atom. The summed E-state index contributed by atoms with van der Waals surface area (Å²) in [6, 6.07) is 17.7. The lowest BCUT2D eigenvalue weighted by atomic mass is 10.1. The van der Waals surface area contributed by atoms with Gasteiger partial charge in [0, 0.05) is 31.4 Å². The van der Waals surface area contributed by atoms with Crippen molar-refractivity contribution in [2.45, 2.75) is 25.8 Å². The fraction of sp³-hybridized carbons (Fsp3) is 0.350. The topological polar surface area (TPSA) is 21.1 Å². The van der Waals surface area contributed by atoms with Crippen molar-refractivity contribution in [1.82, 2.24) is 9.55 Å². The molecule has 0 bridgehead atoms. The van der Waals surface area contributed by atoms with Crippen LogP contribution in [-0.2, 0) is 0 Å². The van der Waals surface area contributed by atoms with Crippen molar-refractivity contribution in [3.05, 3.63) is 48.5 Å². The molecule has 0 N–H and O–H groups in total. The van der Waals surface area contributed by atoms with E-state index in [1.165, 1.54) is 29.6 Å². The van der Waals surface area contributed by atoms with Crippen LogP contribution in [0.3, 0.4) is 0 Å². The third kappa shape index (κ3) is 2.50. The normalized spacial score (nSPS) is 15.8. The van der Waals surface area contributed by atoms with E-state index < -0.39 is 0 Å². The number of rotatable bonds is 4. The molecule has 1 saturated carbocycles. The molecule has 0 spiro atoms. The molecule has 1 atom stereocenters. The first kappa shape index (κ1) is 14.3. The maximum Gasteiger partial charge on any atom is 0.141 e. The maximum absolute atomic E-state index is 4.94. The number of aromatic nitrogens is 2. The van der Waals surface area contributed by atoms with Crippen LogP contribution in [0.2, 0.25) is 0 Å². The van der Waals surface area contributed by atoms with Crippen LogP contribution in [-0.4, -0.2) is 23.6 Å². The molecule has 1 unspecified atom stereocenters. The molecule has 23 heavy (non-hydrogen) atoms. The highest BCUT2D eigenvalue weighted by Crippen LogP contribution is 2.42. The van der Waals surface area contributed by atoms with Gasteiger partial charge in [0.05, 0.1) is 11.0 Å². The molecule has 3 aromatic rings. The zero-order chi connectivity index (χ0) is 16.0. The standard InChI is InChI=1S/C20H23N3/c1-14(15-8-9-15)23-19-7-5-4-6-18(19)21-20(23)16-10-12-17(13-11-16)22(2)3/h4-7,10-15H,8-9H2,1-3H3. The van der Waals surface area contributed by atoms with E-state index in [-0.39, 0.29) is 0 Å². The lowest BCUT2D eigenvalue weighted by molar-refractivity contribution is 0.502. The van der Waals surface area contributed by atoms with Gasteiger partial charge >= 0.3 is 0 Å². The molecule has 4 rings (SSSR count). The highest BCUT2D eigenvalue weighted by atomic mass is 15.1. The number of para-hydroxylation sites is 2. The lowest BCUT2D eigenvalue weighted by Crippen LogP contribution is -2.10. The van der Waals surface area contributed by atoms with Crippen molar-refractivity contribution in [1.29, 1.82) is 0 Å². The number of imidazole rings is 1. The molecule has 1 aliphatic carbocycles. The Morgan fingerprint density at radius 2 is 1.74 bits per heavy atom. The summed E-state index contributed by atoms with van der Waals surface area (Å²) in [5, 5.41) is 0. The van der Waals surface area contributed by atoms with Crippen LogP contribution in [0.25, 0.3) is 22.4 Å². The zero-order valence-electron chi connectivity index (χ0n) is 14.0. The fourth-order valence-electron chi connectivity index (χ4n) is 3.36. The summed E-state index contributed by atoms with van der Waals surface area (Å²) < 4.78 is 2.44. The molecule has 118 valence electrons. The second-order valence-electron chi connectivity index (χ2n) is 6.81. The Balaban J connectivity index is 1.86. The predicted molar refractivity (Wildman–Crippen MR) is 96.9 cm³/mol. The van der Waals surface area contributed by atoms with Crippen LogP contribution in [0, 0.1) is 5.92 Å². The summed E-state index contributed by atoms with van der Waals surface area (Å²) in [7, 11) is 4.14. The molecule has 1 heterocycles. The molecule has 0 saturated heterocycles. The monoisotopic (exact) mass is 305 g/mol. The van der Waals surface area contributed by atoms with Gasteiger partial charge in [0.2, 0.25) is 0 Å². The van der Waals surface area contributed by atoms with Crippen molar-refractivity contribution < 1.29 is 0 Å². The van der Waals surface area contributed by atoms with Crippen molar-refractivity contribution in [2.75, 3.05) is 19.0 Å². The van der Waals surface area contributed by atoms with E-state index in [0.29, 0.717) is 6.04 Å². The molecular formula is C20H23N3. The van der Waals surface area contributed by atoms with E-state index in [9.17, 15) is 0 Å². The minimum atomic E-state index is 0.505. The van der Waals surface area contributed by atoms with Gasteiger partial charge in [-0.05, 0) is 62.1 Å².